The molecule has 4 nitrogen and oxygen atoms in total. The predicted octanol–water partition coefficient (Wildman–Crippen LogP) is 14.6. The Bertz CT molecular complexity index is 3580. The van der Waals surface area contributed by atoms with Gasteiger partial charge in [-0.15, -0.1) is 11.3 Å². The first-order valence-electron chi connectivity index (χ1n) is 19.8. The summed E-state index contributed by atoms with van der Waals surface area (Å²) in [6.45, 7) is 0. The highest BCUT2D eigenvalue weighted by Gasteiger charge is 2.18. The van der Waals surface area contributed by atoms with Crippen molar-refractivity contribution < 1.29 is 0 Å². The molecule has 0 saturated heterocycles. The minimum atomic E-state index is 0.630. The molecular formula is C54H32N4S. The third kappa shape index (κ3) is 5.58. The van der Waals surface area contributed by atoms with E-state index in [0.717, 1.165) is 44.6 Å². The smallest absolute Gasteiger partial charge is 0.164 e. The Morgan fingerprint density at radius 2 is 0.780 bits per heavy atom. The Morgan fingerprint density at radius 1 is 0.288 bits per heavy atom. The van der Waals surface area contributed by atoms with Gasteiger partial charge < -0.3 is 0 Å². The van der Waals surface area contributed by atoms with E-state index < -0.39 is 0 Å². The van der Waals surface area contributed by atoms with Gasteiger partial charge in [0.2, 0.25) is 0 Å². The van der Waals surface area contributed by atoms with E-state index in [-0.39, 0.29) is 0 Å². The Morgan fingerprint density at radius 3 is 1.49 bits per heavy atom. The number of hydrogen-bond donors (Lipinski definition) is 0. The van der Waals surface area contributed by atoms with Crippen LogP contribution < -0.4 is 0 Å². The van der Waals surface area contributed by atoms with Crippen LogP contribution in [0, 0.1) is 0 Å². The number of para-hydroxylation sites is 1. The summed E-state index contributed by atoms with van der Waals surface area (Å²) >= 11 is 1.82. The summed E-state index contributed by atoms with van der Waals surface area (Å²) < 4.78 is 2.48. The summed E-state index contributed by atoms with van der Waals surface area (Å²) in [4.78, 5) is 20.5. The summed E-state index contributed by atoms with van der Waals surface area (Å²) in [5.41, 5.74) is 8.15. The van der Waals surface area contributed by atoms with E-state index in [1.165, 1.54) is 57.9 Å². The van der Waals surface area contributed by atoms with Gasteiger partial charge in [0.05, 0.1) is 15.9 Å². The molecule has 0 aliphatic carbocycles. The van der Waals surface area contributed by atoms with Crippen molar-refractivity contribution in [3.63, 3.8) is 0 Å². The number of nitrogens with zero attached hydrogens (tertiary/aromatic N) is 4. The topological polar surface area (TPSA) is 51.6 Å². The normalized spacial score (nSPS) is 11.7. The van der Waals surface area contributed by atoms with Crippen LogP contribution in [-0.4, -0.2) is 19.9 Å². The number of fused-ring (bicyclic) bond motifs is 11. The molecule has 0 radical (unpaired) electrons. The monoisotopic (exact) mass is 768 g/mol. The third-order valence-corrected chi connectivity index (χ3v) is 12.7. The first-order valence-corrected chi connectivity index (χ1v) is 20.6. The Labute approximate surface area is 343 Å². The molecule has 0 bridgehead atoms. The van der Waals surface area contributed by atoms with Crippen molar-refractivity contribution in [3.05, 3.63) is 194 Å². The van der Waals surface area contributed by atoms with Crippen molar-refractivity contribution in [2.75, 3.05) is 0 Å². The van der Waals surface area contributed by atoms with Gasteiger partial charge in [-0.2, -0.15) is 0 Å². The molecule has 59 heavy (non-hydrogen) atoms. The van der Waals surface area contributed by atoms with Gasteiger partial charge in [-0.3, -0.25) is 0 Å². The molecule has 0 spiro atoms. The fourth-order valence-electron chi connectivity index (χ4n) is 8.68. The molecule has 0 atom stereocenters. The highest BCUT2D eigenvalue weighted by atomic mass is 32.1. The lowest BCUT2D eigenvalue weighted by Gasteiger charge is -2.13. The number of benzene rings is 9. The van der Waals surface area contributed by atoms with Crippen molar-refractivity contribution in [2.45, 2.75) is 0 Å². The highest BCUT2D eigenvalue weighted by Crippen LogP contribution is 2.43. The Balaban J connectivity index is 0.960. The molecule has 0 fully saturated rings. The molecular weight excluding hydrogens is 737 g/mol. The molecule has 12 aromatic rings. The minimum absolute atomic E-state index is 0.630. The summed E-state index contributed by atoms with van der Waals surface area (Å²) in [6, 6.07) is 68.5. The van der Waals surface area contributed by atoms with Gasteiger partial charge in [0.25, 0.3) is 0 Å². The van der Waals surface area contributed by atoms with Gasteiger partial charge in [-0.25, -0.2) is 19.9 Å². The fourth-order valence-corrected chi connectivity index (χ4v) is 9.91. The molecule has 0 amide bonds. The summed E-state index contributed by atoms with van der Waals surface area (Å²) in [6.07, 6.45) is 0. The van der Waals surface area contributed by atoms with E-state index in [1.54, 1.807) is 0 Å². The van der Waals surface area contributed by atoms with Crippen LogP contribution in [0.1, 0.15) is 0 Å². The predicted molar refractivity (Wildman–Crippen MR) is 248 cm³/mol. The SMILES string of the molecule is c1ccc(-c2nc(-c3ccc(-c4cccc(-c5nc6ccccc6c6c5sc5ccccc56)c4)cc3)nc(-c3ccc4c5ccccc5c5ccccc5c4c3)n2)cc1. The van der Waals surface area contributed by atoms with Crippen molar-refractivity contribution in [1.82, 2.24) is 19.9 Å². The molecule has 5 heteroatoms. The van der Waals surface area contributed by atoms with Gasteiger partial charge >= 0.3 is 0 Å². The first kappa shape index (κ1) is 33.5. The van der Waals surface area contributed by atoms with Crippen molar-refractivity contribution in [2.24, 2.45) is 0 Å². The van der Waals surface area contributed by atoms with Crippen LogP contribution in [0.2, 0.25) is 0 Å². The number of rotatable bonds is 5. The number of hydrogen-bond acceptors (Lipinski definition) is 5. The molecule has 0 aliphatic heterocycles. The molecule has 0 aliphatic rings. The van der Waals surface area contributed by atoms with Crippen LogP contribution in [0.5, 0.6) is 0 Å². The summed E-state index contributed by atoms with van der Waals surface area (Å²) in [7, 11) is 0. The molecule has 9 aromatic carbocycles. The fraction of sp³-hybridized carbons (Fsp3) is 0. The largest absolute Gasteiger partial charge is 0.246 e. The molecule has 12 rings (SSSR count). The van der Waals surface area contributed by atoms with Gasteiger partial charge in [0.15, 0.2) is 17.5 Å². The quantitative estimate of drug-likeness (QED) is 0.164. The first-order chi connectivity index (χ1) is 29.2. The van der Waals surface area contributed by atoms with Crippen LogP contribution >= 0.6 is 11.3 Å². The van der Waals surface area contributed by atoms with Gasteiger partial charge in [0.1, 0.15) is 0 Å². The van der Waals surface area contributed by atoms with E-state index in [1.807, 2.05) is 29.5 Å². The highest BCUT2D eigenvalue weighted by molar-refractivity contribution is 7.26. The van der Waals surface area contributed by atoms with Crippen LogP contribution in [0.3, 0.4) is 0 Å². The molecule has 274 valence electrons. The molecule has 0 N–H and O–H groups in total. The van der Waals surface area contributed by atoms with Gasteiger partial charge in [-0.1, -0.05) is 170 Å². The number of pyridine rings is 1. The number of thiophene rings is 1. The zero-order valence-corrected chi connectivity index (χ0v) is 32.5. The van der Waals surface area contributed by atoms with Crippen molar-refractivity contribution >= 4 is 74.7 Å². The minimum Gasteiger partial charge on any atom is -0.246 e. The van der Waals surface area contributed by atoms with Crippen LogP contribution in [-0.2, 0) is 0 Å². The van der Waals surface area contributed by atoms with E-state index >= 15 is 0 Å². The van der Waals surface area contributed by atoms with Crippen LogP contribution in [0.15, 0.2) is 194 Å². The second kappa shape index (κ2) is 13.5. The van der Waals surface area contributed by atoms with Crippen molar-refractivity contribution in [3.8, 4) is 56.5 Å². The van der Waals surface area contributed by atoms with Gasteiger partial charge in [-0.05, 0) is 67.7 Å². The molecule has 3 aromatic heterocycles. The van der Waals surface area contributed by atoms with E-state index in [0.29, 0.717) is 17.5 Å². The zero-order chi connectivity index (χ0) is 38.9. The average Bonchev–Trinajstić information content (AvgIpc) is 3.72. The second-order valence-corrected chi connectivity index (χ2v) is 16.0. The Hall–Kier alpha value is -7.60. The molecule has 3 heterocycles. The van der Waals surface area contributed by atoms with Crippen molar-refractivity contribution in [1.29, 1.82) is 0 Å². The van der Waals surface area contributed by atoms with E-state index in [2.05, 4.69) is 176 Å². The lowest BCUT2D eigenvalue weighted by molar-refractivity contribution is 1.07. The molecule has 0 unspecified atom stereocenters. The lowest BCUT2D eigenvalue weighted by atomic mass is 9.93. The average molecular weight is 769 g/mol. The number of aromatic nitrogens is 4. The van der Waals surface area contributed by atoms with Gasteiger partial charge in [0, 0.05) is 43.1 Å². The zero-order valence-electron chi connectivity index (χ0n) is 31.7. The van der Waals surface area contributed by atoms with Crippen LogP contribution in [0.4, 0.5) is 0 Å². The maximum Gasteiger partial charge on any atom is 0.164 e. The Kier molecular flexibility index (Phi) is 7.68. The summed E-state index contributed by atoms with van der Waals surface area (Å²) in [5.74, 6) is 1.91. The summed E-state index contributed by atoms with van der Waals surface area (Å²) in [5, 5.41) is 11.1. The maximum atomic E-state index is 5.26. The molecule has 0 saturated carbocycles. The van der Waals surface area contributed by atoms with E-state index in [9.17, 15) is 0 Å². The second-order valence-electron chi connectivity index (χ2n) is 15.0. The third-order valence-electron chi connectivity index (χ3n) is 11.5. The maximum absolute atomic E-state index is 5.26. The van der Waals surface area contributed by atoms with E-state index in [4.69, 9.17) is 19.9 Å². The standard InChI is InChI=1S/C54H32N4S/c1-2-13-34(14-3-1)52-56-53(58-54(57-52)38-29-30-43-41-19-5-4-17-39(41)40-18-6-7-20-42(40)46(43)32-38)35-27-25-33(26-28-35)36-15-12-16-37(31-36)50-51-49(44-21-8-10-23-47(44)55-50)45-22-9-11-24-48(45)59-51/h1-32H. The van der Waals surface area contributed by atoms with Crippen LogP contribution in [0.25, 0.3) is 120 Å². The lowest BCUT2D eigenvalue weighted by Crippen LogP contribution is -2.00.